The molecule has 28 heavy (non-hydrogen) atoms. The molecule has 0 radical (unpaired) electrons. The molecule has 2 fully saturated rings. The summed E-state index contributed by atoms with van der Waals surface area (Å²) in [6, 6.07) is 0. The Balaban J connectivity index is 1.36. The van der Waals surface area contributed by atoms with Crippen LogP contribution >= 0.6 is 11.8 Å². The van der Waals surface area contributed by atoms with Crippen molar-refractivity contribution in [1.29, 1.82) is 0 Å². The molecule has 2 N–H and O–H groups in total. The molecule has 3 rings (SSSR count). The summed E-state index contributed by atoms with van der Waals surface area (Å²) in [7, 11) is 0. The van der Waals surface area contributed by atoms with Gasteiger partial charge in [0.15, 0.2) is 0 Å². The number of unbranched alkanes of at least 4 members (excludes halogenated alkanes) is 2. The first-order valence-electron chi connectivity index (χ1n) is 11.7. The third kappa shape index (κ3) is 6.62. The summed E-state index contributed by atoms with van der Waals surface area (Å²) in [4.78, 5) is 2.61. The summed E-state index contributed by atoms with van der Waals surface area (Å²) in [5.41, 5.74) is 1.59. The van der Waals surface area contributed by atoms with E-state index in [2.05, 4.69) is 35.7 Å². The predicted octanol–water partition coefficient (Wildman–Crippen LogP) is 4.65. The maximum Gasteiger partial charge on any atom is 0.0721 e. The van der Waals surface area contributed by atoms with Crippen molar-refractivity contribution in [2.24, 2.45) is 17.8 Å². The number of hydrogen-bond donors (Lipinski definition) is 2. The topological polar surface area (TPSA) is 43.7 Å². The maximum absolute atomic E-state index is 10.5. The Hall–Kier alpha value is -0.290. The van der Waals surface area contributed by atoms with Gasteiger partial charge in [0.25, 0.3) is 0 Å². The fraction of sp³-hybridized carbons (Fsp3) is 0.833. The number of fused-ring (bicyclic) bond motifs is 1. The van der Waals surface area contributed by atoms with Gasteiger partial charge in [0.1, 0.15) is 0 Å². The van der Waals surface area contributed by atoms with Gasteiger partial charge in [0, 0.05) is 11.7 Å². The van der Waals surface area contributed by atoms with E-state index in [-0.39, 0.29) is 18.1 Å². The molecule has 1 saturated carbocycles. The van der Waals surface area contributed by atoms with Crippen molar-refractivity contribution >= 4 is 11.8 Å². The van der Waals surface area contributed by atoms with Gasteiger partial charge in [-0.3, -0.25) is 0 Å². The molecule has 4 heteroatoms. The SMILES string of the molecule is CCCCC[C@H](O)/C=C/[C@@H]1[C@H]2CC(CSCCCN3CCCC3)=C[C@H]2C[C@H]1O. The zero-order valence-electron chi connectivity index (χ0n) is 17.8. The Morgan fingerprint density at radius 2 is 2.07 bits per heavy atom. The quantitative estimate of drug-likeness (QED) is 0.365. The number of likely N-dealkylation sites (tertiary alicyclic amines) is 1. The number of thioether (sulfide) groups is 1. The molecule has 2 aliphatic carbocycles. The van der Waals surface area contributed by atoms with Crippen molar-refractivity contribution in [3.8, 4) is 0 Å². The zero-order valence-corrected chi connectivity index (χ0v) is 18.6. The number of aliphatic hydroxyl groups excluding tert-OH is 2. The van der Waals surface area contributed by atoms with Crippen LogP contribution in [-0.2, 0) is 0 Å². The molecule has 0 amide bonds. The number of nitrogens with zero attached hydrogens (tertiary/aromatic N) is 1. The fourth-order valence-electron chi connectivity index (χ4n) is 5.27. The molecule has 1 saturated heterocycles. The van der Waals surface area contributed by atoms with Gasteiger partial charge < -0.3 is 15.1 Å². The second-order valence-electron chi connectivity index (χ2n) is 9.14. The molecule has 0 aromatic rings. The number of hydrogen-bond acceptors (Lipinski definition) is 4. The smallest absolute Gasteiger partial charge is 0.0721 e. The minimum Gasteiger partial charge on any atom is -0.392 e. The molecule has 1 aliphatic heterocycles. The van der Waals surface area contributed by atoms with E-state index >= 15 is 0 Å². The normalized spacial score (nSPS) is 31.6. The van der Waals surface area contributed by atoms with Gasteiger partial charge in [-0.15, -0.1) is 0 Å². The van der Waals surface area contributed by atoms with E-state index in [1.165, 1.54) is 63.2 Å². The monoisotopic (exact) mass is 407 g/mol. The Bertz CT molecular complexity index is 515. The first-order valence-corrected chi connectivity index (χ1v) is 12.9. The minimum atomic E-state index is -0.349. The average molecular weight is 408 g/mol. The van der Waals surface area contributed by atoms with Crippen molar-refractivity contribution in [3.05, 3.63) is 23.8 Å². The molecule has 0 unspecified atom stereocenters. The summed E-state index contributed by atoms with van der Waals surface area (Å²) >= 11 is 2.09. The highest BCUT2D eigenvalue weighted by molar-refractivity contribution is 7.99. The second kappa shape index (κ2) is 11.8. The van der Waals surface area contributed by atoms with Crippen LogP contribution < -0.4 is 0 Å². The summed E-state index contributed by atoms with van der Waals surface area (Å²) in [5.74, 6) is 3.74. The second-order valence-corrected chi connectivity index (χ2v) is 10.2. The Labute approximate surface area is 176 Å². The lowest BCUT2D eigenvalue weighted by atomic mass is 9.89. The Kier molecular flexibility index (Phi) is 9.42. The summed E-state index contributed by atoms with van der Waals surface area (Å²) < 4.78 is 0. The lowest BCUT2D eigenvalue weighted by Crippen LogP contribution is -2.20. The van der Waals surface area contributed by atoms with E-state index in [0.717, 1.165) is 25.7 Å². The van der Waals surface area contributed by atoms with Crippen LogP contribution in [-0.4, -0.2) is 58.5 Å². The predicted molar refractivity (Wildman–Crippen MR) is 121 cm³/mol. The highest BCUT2D eigenvalue weighted by Crippen LogP contribution is 2.47. The van der Waals surface area contributed by atoms with Gasteiger partial charge >= 0.3 is 0 Å². The zero-order chi connectivity index (χ0) is 19.8. The number of allylic oxidation sites excluding steroid dienone is 1. The van der Waals surface area contributed by atoms with E-state index in [9.17, 15) is 10.2 Å². The summed E-state index contributed by atoms with van der Waals surface area (Å²) in [6.45, 7) is 6.08. The van der Waals surface area contributed by atoms with Crippen LogP contribution in [0, 0.1) is 17.8 Å². The molecule has 0 aromatic heterocycles. The molecular formula is C24H41NO2S. The lowest BCUT2D eigenvalue weighted by Gasteiger charge is -2.19. The third-order valence-electron chi connectivity index (χ3n) is 6.86. The first kappa shape index (κ1) is 22.4. The molecule has 3 aliphatic rings. The average Bonchev–Trinajstić information content (AvgIpc) is 3.37. The number of rotatable bonds is 12. The van der Waals surface area contributed by atoms with Crippen LogP contribution in [0.3, 0.4) is 0 Å². The van der Waals surface area contributed by atoms with Crippen molar-refractivity contribution < 1.29 is 10.2 Å². The largest absolute Gasteiger partial charge is 0.392 e. The molecule has 0 spiro atoms. The van der Waals surface area contributed by atoms with Gasteiger partial charge in [-0.2, -0.15) is 11.8 Å². The van der Waals surface area contributed by atoms with Crippen LogP contribution in [0.4, 0.5) is 0 Å². The van der Waals surface area contributed by atoms with Crippen molar-refractivity contribution in [2.45, 2.75) is 76.9 Å². The van der Waals surface area contributed by atoms with E-state index in [1.54, 1.807) is 5.57 Å². The van der Waals surface area contributed by atoms with E-state index in [4.69, 9.17) is 0 Å². The molecule has 0 aromatic carbocycles. The lowest BCUT2D eigenvalue weighted by molar-refractivity contribution is 0.140. The fourth-order valence-corrected chi connectivity index (χ4v) is 6.22. The van der Waals surface area contributed by atoms with Crippen molar-refractivity contribution in [3.63, 3.8) is 0 Å². The van der Waals surface area contributed by atoms with E-state index in [1.807, 2.05) is 6.08 Å². The van der Waals surface area contributed by atoms with Crippen LogP contribution in [0.1, 0.15) is 64.7 Å². The Morgan fingerprint density at radius 1 is 1.25 bits per heavy atom. The van der Waals surface area contributed by atoms with Crippen LogP contribution in [0.5, 0.6) is 0 Å². The Morgan fingerprint density at radius 3 is 2.86 bits per heavy atom. The highest BCUT2D eigenvalue weighted by atomic mass is 32.2. The molecule has 5 atom stereocenters. The molecule has 160 valence electrons. The van der Waals surface area contributed by atoms with Crippen LogP contribution in [0.25, 0.3) is 0 Å². The van der Waals surface area contributed by atoms with Gasteiger partial charge in [-0.05, 0) is 75.7 Å². The summed E-state index contributed by atoms with van der Waals surface area (Å²) in [6.07, 6.45) is 16.4. The standard InChI is InChI=1S/C24H41NO2S/c1-2-3-4-8-21(26)9-10-22-23-16-19(15-20(23)17-24(22)27)18-28-14-7-13-25-11-5-6-12-25/h9-10,15,20-24,26-27H,2-8,11-14,16-18H2,1H3/b10-9+/t20-,21-,22+,23-,24+/m0/s1. The minimum absolute atomic E-state index is 0.222. The van der Waals surface area contributed by atoms with Crippen LogP contribution in [0.2, 0.25) is 0 Å². The summed E-state index contributed by atoms with van der Waals surface area (Å²) in [5, 5.41) is 20.7. The van der Waals surface area contributed by atoms with Gasteiger partial charge in [-0.1, -0.05) is 50.0 Å². The van der Waals surface area contributed by atoms with Crippen molar-refractivity contribution in [1.82, 2.24) is 4.90 Å². The first-order chi connectivity index (χ1) is 13.7. The van der Waals surface area contributed by atoms with Gasteiger partial charge in [0.2, 0.25) is 0 Å². The van der Waals surface area contributed by atoms with E-state index < -0.39 is 0 Å². The van der Waals surface area contributed by atoms with Crippen LogP contribution in [0.15, 0.2) is 23.8 Å². The molecule has 0 bridgehead atoms. The van der Waals surface area contributed by atoms with Gasteiger partial charge in [0.05, 0.1) is 12.2 Å². The van der Waals surface area contributed by atoms with Crippen molar-refractivity contribution in [2.75, 3.05) is 31.1 Å². The van der Waals surface area contributed by atoms with Gasteiger partial charge in [-0.25, -0.2) is 0 Å². The molecule has 1 heterocycles. The van der Waals surface area contributed by atoms with E-state index in [0.29, 0.717) is 11.8 Å². The molecule has 3 nitrogen and oxygen atoms in total. The maximum atomic E-state index is 10.5. The number of aliphatic hydroxyl groups is 2. The molecular weight excluding hydrogens is 366 g/mol. The third-order valence-corrected chi connectivity index (χ3v) is 8.01. The highest BCUT2D eigenvalue weighted by Gasteiger charge is 2.43.